The first-order valence-electron chi connectivity index (χ1n) is 4.54. The highest BCUT2D eigenvalue weighted by Crippen LogP contribution is 2.25. The Morgan fingerprint density at radius 3 is 2.71 bits per heavy atom. The van der Waals surface area contributed by atoms with Crippen LogP contribution in [0, 0.1) is 5.41 Å². The van der Waals surface area contributed by atoms with E-state index < -0.39 is 0 Å². The minimum atomic E-state index is -0.368. The lowest BCUT2D eigenvalue weighted by atomic mass is 9.83. The number of ketones is 1. The molecule has 0 bridgehead atoms. The van der Waals surface area contributed by atoms with Gasteiger partial charge >= 0.3 is 0 Å². The molecule has 0 fully saturated rings. The molecular formula is C11H14ClNO. The smallest absolute Gasteiger partial charge is 0.135 e. The number of Topliss-reactive ketones (excluding diaryl/α,β-unsaturated/α-hetero) is 1. The summed E-state index contributed by atoms with van der Waals surface area (Å²) in [5.41, 5.74) is 0.557. The van der Waals surface area contributed by atoms with E-state index in [9.17, 15) is 4.79 Å². The molecule has 0 saturated heterocycles. The lowest BCUT2D eigenvalue weighted by Gasteiger charge is -2.21. The van der Waals surface area contributed by atoms with Crippen LogP contribution in [0.15, 0.2) is 18.3 Å². The van der Waals surface area contributed by atoms with Gasteiger partial charge in [0.25, 0.3) is 0 Å². The quantitative estimate of drug-likeness (QED) is 0.720. The van der Waals surface area contributed by atoms with E-state index in [0.717, 1.165) is 5.56 Å². The third-order valence-electron chi connectivity index (χ3n) is 2.42. The summed E-state index contributed by atoms with van der Waals surface area (Å²) in [6.07, 6.45) is 2.28. The van der Waals surface area contributed by atoms with E-state index in [2.05, 4.69) is 4.98 Å². The van der Waals surface area contributed by atoms with Crippen LogP contribution in [0.25, 0.3) is 0 Å². The van der Waals surface area contributed by atoms with Crippen molar-refractivity contribution in [3.63, 3.8) is 0 Å². The molecule has 1 heterocycles. The van der Waals surface area contributed by atoms with Gasteiger partial charge < -0.3 is 0 Å². The molecule has 0 radical (unpaired) electrons. The van der Waals surface area contributed by atoms with Crippen LogP contribution in [0.4, 0.5) is 0 Å². The molecule has 0 N–H and O–H groups in total. The normalized spacial score (nSPS) is 11.4. The third-order valence-corrected chi connectivity index (χ3v) is 2.76. The standard InChI is InChI=1S/C11H14ClNO/c1-8(14)11(2,3)7-9-5-4-6-13-10(9)12/h4-6H,7H2,1-3H3. The zero-order chi connectivity index (χ0) is 10.8. The van der Waals surface area contributed by atoms with Crippen LogP contribution in [-0.2, 0) is 11.2 Å². The molecule has 1 aromatic rings. The maximum atomic E-state index is 11.3. The van der Waals surface area contributed by atoms with Crippen LogP contribution in [0.2, 0.25) is 5.15 Å². The molecule has 0 aliphatic carbocycles. The Bertz CT molecular complexity index is 347. The van der Waals surface area contributed by atoms with Crippen molar-refractivity contribution in [3.05, 3.63) is 29.0 Å². The van der Waals surface area contributed by atoms with Crippen LogP contribution >= 0.6 is 11.6 Å². The van der Waals surface area contributed by atoms with Crippen LogP contribution in [-0.4, -0.2) is 10.8 Å². The Balaban J connectivity index is 2.89. The predicted octanol–water partition coefficient (Wildman–Crippen LogP) is 2.89. The van der Waals surface area contributed by atoms with Crippen molar-refractivity contribution < 1.29 is 4.79 Å². The number of aromatic nitrogens is 1. The van der Waals surface area contributed by atoms with Crippen molar-refractivity contribution in [1.82, 2.24) is 4.98 Å². The molecule has 0 spiro atoms. The molecular weight excluding hydrogens is 198 g/mol. The molecule has 1 rings (SSSR count). The van der Waals surface area contributed by atoms with Gasteiger partial charge in [0.05, 0.1) is 0 Å². The van der Waals surface area contributed by atoms with E-state index >= 15 is 0 Å². The van der Waals surface area contributed by atoms with Gasteiger partial charge in [-0.25, -0.2) is 4.98 Å². The number of halogens is 1. The molecule has 3 heteroatoms. The second-order valence-electron chi connectivity index (χ2n) is 4.07. The van der Waals surface area contributed by atoms with E-state index in [1.54, 1.807) is 13.1 Å². The number of hydrogen-bond acceptors (Lipinski definition) is 2. The largest absolute Gasteiger partial charge is 0.299 e. The fourth-order valence-corrected chi connectivity index (χ4v) is 1.34. The second-order valence-corrected chi connectivity index (χ2v) is 4.43. The van der Waals surface area contributed by atoms with Gasteiger partial charge in [0, 0.05) is 11.6 Å². The minimum Gasteiger partial charge on any atom is -0.299 e. The van der Waals surface area contributed by atoms with Crippen LogP contribution in [0.1, 0.15) is 26.3 Å². The summed E-state index contributed by atoms with van der Waals surface area (Å²) < 4.78 is 0. The minimum absolute atomic E-state index is 0.164. The monoisotopic (exact) mass is 211 g/mol. The van der Waals surface area contributed by atoms with Gasteiger partial charge in [-0.05, 0) is 25.0 Å². The zero-order valence-corrected chi connectivity index (χ0v) is 9.43. The lowest BCUT2D eigenvalue weighted by Crippen LogP contribution is -2.24. The molecule has 0 aliphatic rings. The number of pyridine rings is 1. The van der Waals surface area contributed by atoms with Crippen molar-refractivity contribution in [2.24, 2.45) is 5.41 Å². The summed E-state index contributed by atoms with van der Waals surface area (Å²) in [4.78, 5) is 15.3. The highest BCUT2D eigenvalue weighted by molar-refractivity contribution is 6.30. The molecule has 0 aromatic carbocycles. The number of rotatable bonds is 3. The number of carbonyl (C=O) groups excluding carboxylic acids is 1. The SMILES string of the molecule is CC(=O)C(C)(C)Cc1cccnc1Cl. The van der Waals surface area contributed by atoms with Crippen LogP contribution in [0.3, 0.4) is 0 Å². The summed E-state index contributed by atoms with van der Waals surface area (Å²) in [5.74, 6) is 0.164. The predicted molar refractivity (Wildman–Crippen MR) is 57.4 cm³/mol. The highest BCUT2D eigenvalue weighted by Gasteiger charge is 2.24. The van der Waals surface area contributed by atoms with Gasteiger partial charge in [-0.15, -0.1) is 0 Å². The maximum absolute atomic E-state index is 11.3. The first-order chi connectivity index (χ1) is 6.43. The number of hydrogen-bond donors (Lipinski definition) is 0. The van der Waals surface area contributed by atoms with Gasteiger partial charge in [0.1, 0.15) is 10.9 Å². The third kappa shape index (κ3) is 2.55. The van der Waals surface area contributed by atoms with Crippen molar-refractivity contribution in [2.45, 2.75) is 27.2 Å². The van der Waals surface area contributed by atoms with Gasteiger partial charge in [-0.1, -0.05) is 31.5 Å². The maximum Gasteiger partial charge on any atom is 0.135 e. The summed E-state index contributed by atoms with van der Waals surface area (Å²) in [6, 6.07) is 3.73. The molecule has 76 valence electrons. The Hall–Kier alpha value is -0.890. The van der Waals surface area contributed by atoms with Crippen molar-refractivity contribution in [2.75, 3.05) is 0 Å². The molecule has 0 saturated carbocycles. The highest BCUT2D eigenvalue weighted by atomic mass is 35.5. The summed E-state index contributed by atoms with van der Waals surface area (Å²) in [5, 5.41) is 0.488. The summed E-state index contributed by atoms with van der Waals surface area (Å²) in [7, 11) is 0. The Morgan fingerprint density at radius 1 is 1.57 bits per heavy atom. The molecule has 1 aromatic heterocycles. The van der Waals surface area contributed by atoms with Gasteiger partial charge in [0.2, 0.25) is 0 Å². The molecule has 14 heavy (non-hydrogen) atoms. The van der Waals surface area contributed by atoms with Gasteiger partial charge in [0.15, 0.2) is 0 Å². The Labute approximate surface area is 89.3 Å². The zero-order valence-electron chi connectivity index (χ0n) is 8.67. The van der Waals surface area contributed by atoms with Crippen molar-refractivity contribution >= 4 is 17.4 Å². The molecule has 0 unspecified atom stereocenters. The van der Waals surface area contributed by atoms with Crippen molar-refractivity contribution in [3.8, 4) is 0 Å². The van der Waals surface area contributed by atoms with E-state index in [-0.39, 0.29) is 11.2 Å². The summed E-state index contributed by atoms with van der Waals surface area (Å²) in [6.45, 7) is 5.43. The second kappa shape index (κ2) is 4.09. The number of carbonyl (C=O) groups is 1. The molecule has 2 nitrogen and oxygen atoms in total. The fourth-order valence-electron chi connectivity index (χ4n) is 1.15. The molecule has 0 atom stereocenters. The average Bonchev–Trinajstić information content (AvgIpc) is 2.08. The fraction of sp³-hybridized carbons (Fsp3) is 0.455. The van der Waals surface area contributed by atoms with Gasteiger partial charge in [-0.3, -0.25) is 4.79 Å². The molecule has 0 amide bonds. The van der Waals surface area contributed by atoms with E-state index in [1.165, 1.54) is 0 Å². The average molecular weight is 212 g/mol. The van der Waals surface area contributed by atoms with E-state index in [4.69, 9.17) is 11.6 Å². The first kappa shape index (κ1) is 11.2. The lowest BCUT2D eigenvalue weighted by molar-refractivity contribution is -0.124. The Kier molecular flexibility index (Phi) is 3.27. The summed E-state index contributed by atoms with van der Waals surface area (Å²) >= 11 is 5.91. The topological polar surface area (TPSA) is 30.0 Å². The van der Waals surface area contributed by atoms with Crippen LogP contribution in [0.5, 0.6) is 0 Å². The van der Waals surface area contributed by atoms with Crippen LogP contribution < -0.4 is 0 Å². The van der Waals surface area contributed by atoms with Crippen molar-refractivity contribution in [1.29, 1.82) is 0 Å². The first-order valence-corrected chi connectivity index (χ1v) is 4.92. The molecule has 0 aliphatic heterocycles. The number of nitrogens with zero attached hydrogens (tertiary/aromatic N) is 1. The van der Waals surface area contributed by atoms with E-state index in [0.29, 0.717) is 11.6 Å². The van der Waals surface area contributed by atoms with Gasteiger partial charge in [-0.2, -0.15) is 0 Å². The Morgan fingerprint density at radius 2 is 2.21 bits per heavy atom. The van der Waals surface area contributed by atoms with E-state index in [1.807, 2.05) is 26.0 Å².